The summed E-state index contributed by atoms with van der Waals surface area (Å²) in [7, 11) is 0. The van der Waals surface area contributed by atoms with Crippen molar-refractivity contribution in [2.24, 2.45) is 0 Å². The first-order chi connectivity index (χ1) is 5.63. The predicted octanol–water partition coefficient (Wildman–Crippen LogP) is 3.69. The molecular weight excluding hydrogens is 172 g/mol. The van der Waals surface area contributed by atoms with Gasteiger partial charge in [-0.1, -0.05) is 25.4 Å². The number of aromatic hydroxyl groups is 1. The summed E-state index contributed by atoms with van der Waals surface area (Å²) in [5.41, 5.74) is 1.80. The molecule has 0 aliphatic rings. The van der Waals surface area contributed by atoms with Gasteiger partial charge in [0, 0.05) is 5.02 Å². The molecule has 1 aromatic rings. The third kappa shape index (κ3) is 2.42. The van der Waals surface area contributed by atoms with E-state index in [2.05, 4.69) is 0 Å². The third-order valence-corrected chi connectivity index (χ3v) is 2.10. The van der Waals surface area contributed by atoms with E-state index in [1.165, 1.54) is 0 Å². The van der Waals surface area contributed by atoms with E-state index < -0.39 is 0 Å². The number of halogens is 1. The Labute approximate surface area is 79.0 Å². The molecule has 1 N–H and O–H groups in total. The van der Waals surface area contributed by atoms with E-state index in [0.717, 1.165) is 11.1 Å². The first-order valence-corrected chi connectivity index (χ1v) is 4.45. The lowest BCUT2D eigenvalue weighted by Gasteiger charge is -2.03. The van der Waals surface area contributed by atoms with Crippen LogP contribution in [-0.2, 0) is 0 Å². The topological polar surface area (TPSA) is 20.2 Å². The van der Waals surface area contributed by atoms with Gasteiger partial charge < -0.3 is 5.11 Å². The van der Waals surface area contributed by atoms with E-state index in [1.54, 1.807) is 12.1 Å². The van der Waals surface area contributed by atoms with E-state index in [4.69, 9.17) is 16.7 Å². The van der Waals surface area contributed by atoms with E-state index in [9.17, 15) is 0 Å². The quantitative estimate of drug-likeness (QED) is 0.655. The van der Waals surface area contributed by atoms with Crippen LogP contribution >= 0.6 is 11.6 Å². The van der Waals surface area contributed by atoms with Crippen LogP contribution in [0.3, 0.4) is 0 Å². The fourth-order valence-electron chi connectivity index (χ4n) is 0.773. The Bertz CT molecular complexity index is 229. The largest absolute Gasteiger partial charge is 0.508 e. The van der Waals surface area contributed by atoms with Crippen LogP contribution in [0.4, 0.5) is 0 Å². The summed E-state index contributed by atoms with van der Waals surface area (Å²) < 4.78 is 0. The standard InChI is InChI=1S/C8H9ClO.C2H6/c1-5-6(2)8(10)4-3-7(5)9;1-2/h3-4,10H,1-2H3;1-2H3. The van der Waals surface area contributed by atoms with Gasteiger partial charge in [0.2, 0.25) is 0 Å². The summed E-state index contributed by atoms with van der Waals surface area (Å²) in [6, 6.07) is 3.30. The Kier molecular flexibility index (Phi) is 4.75. The molecule has 68 valence electrons. The van der Waals surface area contributed by atoms with Gasteiger partial charge in [0.15, 0.2) is 0 Å². The van der Waals surface area contributed by atoms with Gasteiger partial charge in [0.25, 0.3) is 0 Å². The van der Waals surface area contributed by atoms with Gasteiger partial charge in [-0.25, -0.2) is 0 Å². The molecular formula is C10H15ClO. The second-order valence-corrected chi connectivity index (χ2v) is 2.72. The normalized spacial score (nSPS) is 8.75. The Hall–Kier alpha value is -0.690. The summed E-state index contributed by atoms with van der Waals surface area (Å²) in [5.74, 6) is 0.307. The minimum Gasteiger partial charge on any atom is -0.508 e. The van der Waals surface area contributed by atoms with Gasteiger partial charge >= 0.3 is 0 Å². The lowest BCUT2D eigenvalue weighted by atomic mass is 10.1. The maximum absolute atomic E-state index is 9.17. The summed E-state index contributed by atoms with van der Waals surface area (Å²) in [6.07, 6.45) is 0. The number of phenolic OH excluding ortho intramolecular Hbond substituents is 1. The molecule has 0 aromatic heterocycles. The average molecular weight is 187 g/mol. The SMILES string of the molecule is CC.Cc1c(O)ccc(Cl)c1C. The van der Waals surface area contributed by atoms with Crippen molar-refractivity contribution in [3.63, 3.8) is 0 Å². The smallest absolute Gasteiger partial charge is 0.118 e. The molecule has 1 rings (SSSR count). The van der Waals surface area contributed by atoms with Crippen molar-refractivity contribution >= 4 is 11.6 Å². The highest BCUT2D eigenvalue weighted by molar-refractivity contribution is 6.31. The third-order valence-electron chi connectivity index (χ3n) is 1.69. The molecule has 1 aromatic carbocycles. The lowest BCUT2D eigenvalue weighted by molar-refractivity contribution is 0.470. The van der Waals surface area contributed by atoms with Crippen LogP contribution < -0.4 is 0 Å². The van der Waals surface area contributed by atoms with E-state index in [0.29, 0.717) is 10.8 Å². The highest BCUT2D eigenvalue weighted by Crippen LogP contribution is 2.25. The second kappa shape index (κ2) is 5.04. The van der Waals surface area contributed by atoms with Crippen LogP contribution in [0.1, 0.15) is 25.0 Å². The zero-order chi connectivity index (χ0) is 9.72. The zero-order valence-electron chi connectivity index (χ0n) is 7.98. The van der Waals surface area contributed by atoms with Crippen LogP contribution in [0.25, 0.3) is 0 Å². The van der Waals surface area contributed by atoms with Crippen molar-refractivity contribution in [3.8, 4) is 5.75 Å². The van der Waals surface area contributed by atoms with Crippen LogP contribution in [0.15, 0.2) is 12.1 Å². The molecule has 0 fully saturated rings. The number of hydrogen-bond donors (Lipinski definition) is 1. The number of phenols is 1. The summed E-state index contributed by atoms with van der Waals surface area (Å²) in [6.45, 7) is 7.73. The average Bonchev–Trinajstić information content (AvgIpc) is 2.12. The fourth-order valence-corrected chi connectivity index (χ4v) is 0.978. The van der Waals surface area contributed by atoms with Gasteiger partial charge in [-0.2, -0.15) is 0 Å². The van der Waals surface area contributed by atoms with Crippen LogP contribution in [0, 0.1) is 13.8 Å². The molecule has 0 saturated carbocycles. The Morgan fingerprint density at radius 1 is 1.08 bits per heavy atom. The van der Waals surface area contributed by atoms with Crippen molar-refractivity contribution in [1.29, 1.82) is 0 Å². The molecule has 0 spiro atoms. The molecule has 0 aliphatic heterocycles. The van der Waals surface area contributed by atoms with Crippen molar-refractivity contribution in [3.05, 3.63) is 28.3 Å². The summed E-state index contributed by atoms with van der Waals surface area (Å²) >= 11 is 5.77. The van der Waals surface area contributed by atoms with Crippen LogP contribution in [0.2, 0.25) is 5.02 Å². The number of hydrogen-bond acceptors (Lipinski definition) is 1. The zero-order valence-corrected chi connectivity index (χ0v) is 8.74. The first kappa shape index (κ1) is 11.3. The van der Waals surface area contributed by atoms with Gasteiger partial charge in [0.05, 0.1) is 0 Å². The van der Waals surface area contributed by atoms with Gasteiger partial charge in [-0.15, -0.1) is 0 Å². The maximum atomic E-state index is 9.17. The van der Waals surface area contributed by atoms with E-state index >= 15 is 0 Å². The summed E-state index contributed by atoms with van der Waals surface area (Å²) in [5, 5.41) is 9.87. The molecule has 0 bridgehead atoms. The molecule has 0 unspecified atom stereocenters. The lowest BCUT2D eigenvalue weighted by Crippen LogP contribution is -1.81. The van der Waals surface area contributed by atoms with Crippen molar-refractivity contribution in [1.82, 2.24) is 0 Å². The van der Waals surface area contributed by atoms with Gasteiger partial charge in [-0.05, 0) is 37.1 Å². The number of rotatable bonds is 0. The minimum absolute atomic E-state index is 0.307. The first-order valence-electron chi connectivity index (χ1n) is 4.07. The molecule has 2 heteroatoms. The molecule has 0 aliphatic carbocycles. The Morgan fingerprint density at radius 2 is 1.58 bits per heavy atom. The summed E-state index contributed by atoms with van der Waals surface area (Å²) in [4.78, 5) is 0. The molecule has 0 heterocycles. The van der Waals surface area contributed by atoms with Crippen LogP contribution in [0.5, 0.6) is 5.75 Å². The van der Waals surface area contributed by atoms with Crippen molar-refractivity contribution < 1.29 is 5.11 Å². The molecule has 12 heavy (non-hydrogen) atoms. The monoisotopic (exact) mass is 186 g/mol. The molecule has 0 radical (unpaired) electrons. The molecule has 1 nitrogen and oxygen atoms in total. The van der Waals surface area contributed by atoms with Crippen molar-refractivity contribution in [2.75, 3.05) is 0 Å². The molecule has 0 atom stereocenters. The highest BCUT2D eigenvalue weighted by atomic mass is 35.5. The second-order valence-electron chi connectivity index (χ2n) is 2.32. The Balaban J connectivity index is 0.000000561. The van der Waals surface area contributed by atoms with Crippen LogP contribution in [-0.4, -0.2) is 5.11 Å². The van der Waals surface area contributed by atoms with Crippen molar-refractivity contribution in [2.45, 2.75) is 27.7 Å². The highest BCUT2D eigenvalue weighted by Gasteiger charge is 2.01. The molecule has 0 saturated heterocycles. The Morgan fingerprint density at radius 3 is 2.00 bits per heavy atom. The van der Waals surface area contributed by atoms with E-state index in [-0.39, 0.29) is 0 Å². The van der Waals surface area contributed by atoms with Gasteiger partial charge in [-0.3, -0.25) is 0 Å². The minimum atomic E-state index is 0.307. The number of benzene rings is 1. The maximum Gasteiger partial charge on any atom is 0.118 e. The fraction of sp³-hybridized carbons (Fsp3) is 0.400. The predicted molar refractivity (Wildman–Crippen MR) is 53.9 cm³/mol. The van der Waals surface area contributed by atoms with E-state index in [1.807, 2.05) is 27.7 Å². The van der Waals surface area contributed by atoms with Gasteiger partial charge in [0.1, 0.15) is 5.75 Å². The molecule has 0 amide bonds.